The molecule has 14 heavy (non-hydrogen) atoms. The normalized spacial score (nSPS) is 11.8. The fraction of sp³-hybridized carbons (Fsp3) is 0.500. The molecule has 0 amide bonds. The van der Waals surface area contributed by atoms with Crippen molar-refractivity contribution in [3.8, 4) is 0 Å². The van der Waals surface area contributed by atoms with E-state index < -0.39 is 0 Å². The number of anilines is 1. The molecule has 0 fully saturated rings. The highest BCUT2D eigenvalue weighted by Gasteiger charge is 2.19. The van der Waals surface area contributed by atoms with Gasteiger partial charge in [-0.1, -0.05) is 18.2 Å². The largest absolute Gasteiger partial charge is 0.383 e. The molecule has 2 nitrogen and oxygen atoms in total. The van der Waals surface area contributed by atoms with E-state index in [0.717, 1.165) is 6.54 Å². The Hall–Kier alpha value is -1.02. The Kier molecular flexibility index (Phi) is 3.53. The van der Waals surface area contributed by atoms with Crippen LogP contribution in [0.4, 0.5) is 5.69 Å². The third-order valence-corrected chi connectivity index (χ3v) is 2.71. The first kappa shape index (κ1) is 11.1. The first-order valence-corrected chi connectivity index (χ1v) is 4.99. The number of para-hydroxylation sites is 1. The molecule has 0 saturated heterocycles. The molecule has 0 saturated carbocycles. The molecule has 0 unspecified atom stereocenters. The Morgan fingerprint density at radius 3 is 2.21 bits per heavy atom. The highest BCUT2D eigenvalue weighted by atomic mass is 15.2. The number of hydrogen-bond acceptors (Lipinski definition) is 2. The van der Waals surface area contributed by atoms with Gasteiger partial charge in [-0.25, -0.2) is 0 Å². The van der Waals surface area contributed by atoms with Gasteiger partial charge in [-0.05, 0) is 40.1 Å². The van der Waals surface area contributed by atoms with Gasteiger partial charge in [0.25, 0.3) is 0 Å². The topological polar surface area (TPSA) is 15.3 Å². The van der Waals surface area contributed by atoms with E-state index in [0.29, 0.717) is 0 Å². The lowest BCUT2D eigenvalue weighted by molar-refractivity contribution is 0.210. The van der Waals surface area contributed by atoms with Gasteiger partial charge < -0.3 is 10.2 Å². The first-order valence-electron chi connectivity index (χ1n) is 4.99. The molecule has 0 aliphatic rings. The maximum Gasteiger partial charge on any atom is 0.0340 e. The van der Waals surface area contributed by atoms with Gasteiger partial charge in [0.05, 0.1) is 0 Å². The van der Waals surface area contributed by atoms with Crippen molar-refractivity contribution in [1.29, 1.82) is 0 Å². The summed E-state index contributed by atoms with van der Waals surface area (Å²) in [4.78, 5) is 2.23. The summed E-state index contributed by atoms with van der Waals surface area (Å²) in [7, 11) is 4.21. The van der Waals surface area contributed by atoms with Gasteiger partial charge in [0.1, 0.15) is 0 Å². The minimum atomic E-state index is 0.176. The van der Waals surface area contributed by atoms with Crippen molar-refractivity contribution in [3.05, 3.63) is 30.3 Å². The van der Waals surface area contributed by atoms with Crippen LogP contribution < -0.4 is 5.32 Å². The van der Waals surface area contributed by atoms with Gasteiger partial charge in [-0.3, -0.25) is 0 Å². The summed E-state index contributed by atoms with van der Waals surface area (Å²) < 4.78 is 0. The van der Waals surface area contributed by atoms with Crippen LogP contribution in [0.3, 0.4) is 0 Å². The van der Waals surface area contributed by atoms with Gasteiger partial charge in [-0.15, -0.1) is 0 Å². The van der Waals surface area contributed by atoms with Crippen molar-refractivity contribution in [2.75, 3.05) is 26.0 Å². The van der Waals surface area contributed by atoms with Crippen LogP contribution in [0.1, 0.15) is 13.8 Å². The molecule has 2 heteroatoms. The molecule has 0 aliphatic carbocycles. The Balaban J connectivity index is 2.49. The van der Waals surface area contributed by atoms with Crippen LogP contribution in [0.25, 0.3) is 0 Å². The minimum Gasteiger partial charge on any atom is -0.383 e. The second-order valence-electron chi connectivity index (χ2n) is 4.43. The summed E-state index contributed by atoms with van der Waals surface area (Å²) >= 11 is 0. The maximum absolute atomic E-state index is 3.42. The van der Waals surface area contributed by atoms with Gasteiger partial charge in [0, 0.05) is 17.8 Å². The van der Waals surface area contributed by atoms with Crippen molar-refractivity contribution in [2.45, 2.75) is 19.4 Å². The van der Waals surface area contributed by atoms with Crippen molar-refractivity contribution in [1.82, 2.24) is 4.90 Å². The first-order chi connectivity index (χ1) is 6.52. The molecule has 1 rings (SSSR count). The van der Waals surface area contributed by atoms with Crippen molar-refractivity contribution < 1.29 is 0 Å². The average Bonchev–Trinajstić information content (AvgIpc) is 2.16. The van der Waals surface area contributed by atoms with Crippen LogP contribution in [-0.4, -0.2) is 31.1 Å². The number of hydrogen-bond donors (Lipinski definition) is 1. The highest BCUT2D eigenvalue weighted by molar-refractivity contribution is 5.42. The van der Waals surface area contributed by atoms with E-state index in [2.05, 4.69) is 50.3 Å². The predicted octanol–water partition coefficient (Wildman–Crippen LogP) is 2.44. The van der Waals surface area contributed by atoms with E-state index in [4.69, 9.17) is 0 Å². The second-order valence-corrected chi connectivity index (χ2v) is 4.43. The molecule has 0 radical (unpaired) electrons. The van der Waals surface area contributed by atoms with Gasteiger partial charge in [0.2, 0.25) is 0 Å². The summed E-state index contributed by atoms with van der Waals surface area (Å²) in [5.74, 6) is 0. The molecule has 0 aromatic heterocycles. The van der Waals surface area contributed by atoms with Crippen LogP contribution in [-0.2, 0) is 0 Å². The molecule has 0 bridgehead atoms. The van der Waals surface area contributed by atoms with E-state index >= 15 is 0 Å². The van der Waals surface area contributed by atoms with Crippen LogP contribution in [0.5, 0.6) is 0 Å². The monoisotopic (exact) mass is 192 g/mol. The Bertz CT molecular complexity index is 265. The molecule has 78 valence electrons. The lowest BCUT2D eigenvalue weighted by Gasteiger charge is -2.33. The van der Waals surface area contributed by atoms with E-state index in [1.54, 1.807) is 0 Å². The molecular formula is C12H20N2. The van der Waals surface area contributed by atoms with Gasteiger partial charge in [0.15, 0.2) is 0 Å². The summed E-state index contributed by atoms with van der Waals surface area (Å²) in [5, 5.41) is 3.42. The Morgan fingerprint density at radius 2 is 1.71 bits per heavy atom. The molecule has 0 heterocycles. The second kappa shape index (κ2) is 4.47. The average molecular weight is 192 g/mol. The minimum absolute atomic E-state index is 0.176. The van der Waals surface area contributed by atoms with E-state index in [9.17, 15) is 0 Å². The highest BCUT2D eigenvalue weighted by Crippen LogP contribution is 2.12. The number of benzene rings is 1. The quantitative estimate of drug-likeness (QED) is 0.788. The fourth-order valence-corrected chi connectivity index (χ4v) is 1.03. The number of nitrogens with one attached hydrogen (secondary N) is 1. The molecule has 1 aromatic rings. The van der Waals surface area contributed by atoms with Crippen molar-refractivity contribution in [2.24, 2.45) is 0 Å². The molecule has 1 N–H and O–H groups in total. The van der Waals surface area contributed by atoms with E-state index in [1.165, 1.54) is 5.69 Å². The molecule has 0 atom stereocenters. The van der Waals surface area contributed by atoms with Gasteiger partial charge >= 0.3 is 0 Å². The van der Waals surface area contributed by atoms with Crippen LogP contribution in [0.15, 0.2) is 30.3 Å². The lowest BCUT2D eigenvalue weighted by atomic mass is 10.0. The fourth-order valence-electron chi connectivity index (χ4n) is 1.03. The summed E-state index contributed by atoms with van der Waals surface area (Å²) in [6.45, 7) is 5.40. The van der Waals surface area contributed by atoms with Crippen molar-refractivity contribution >= 4 is 5.69 Å². The SMILES string of the molecule is CN(C)C(C)(C)CNc1ccccc1. The van der Waals surface area contributed by atoms with Gasteiger partial charge in [-0.2, -0.15) is 0 Å². The molecule has 1 aromatic carbocycles. The zero-order valence-electron chi connectivity index (χ0n) is 9.54. The third-order valence-electron chi connectivity index (χ3n) is 2.71. The van der Waals surface area contributed by atoms with Crippen LogP contribution >= 0.6 is 0 Å². The molecular weight excluding hydrogens is 172 g/mol. The Labute approximate surface area is 86.9 Å². The zero-order chi connectivity index (χ0) is 10.6. The van der Waals surface area contributed by atoms with Crippen LogP contribution in [0, 0.1) is 0 Å². The number of nitrogens with zero attached hydrogens (tertiary/aromatic N) is 1. The zero-order valence-corrected chi connectivity index (χ0v) is 9.54. The smallest absolute Gasteiger partial charge is 0.0340 e. The van der Waals surface area contributed by atoms with Crippen molar-refractivity contribution in [3.63, 3.8) is 0 Å². The van der Waals surface area contributed by atoms with Crippen LogP contribution in [0.2, 0.25) is 0 Å². The summed E-state index contributed by atoms with van der Waals surface area (Å²) in [6.07, 6.45) is 0. The lowest BCUT2D eigenvalue weighted by Crippen LogP contribution is -2.44. The maximum atomic E-state index is 3.42. The summed E-state index contributed by atoms with van der Waals surface area (Å²) in [5.41, 5.74) is 1.36. The number of rotatable bonds is 4. The van der Waals surface area contributed by atoms with E-state index in [-0.39, 0.29) is 5.54 Å². The number of likely N-dealkylation sites (N-methyl/N-ethyl adjacent to an activating group) is 1. The molecule has 0 aliphatic heterocycles. The summed E-state index contributed by atoms with van der Waals surface area (Å²) in [6, 6.07) is 10.3. The Morgan fingerprint density at radius 1 is 1.14 bits per heavy atom. The predicted molar refractivity (Wildman–Crippen MR) is 62.7 cm³/mol. The molecule has 0 spiro atoms. The standard InChI is InChI=1S/C12H20N2/c1-12(2,14(3)4)10-13-11-8-6-5-7-9-11/h5-9,13H,10H2,1-4H3. The third kappa shape index (κ3) is 3.04. The van der Waals surface area contributed by atoms with E-state index in [1.807, 2.05) is 18.2 Å².